The maximum atomic E-state index is 11.3. The minimum absolute atomic E-state index is 0.104. The van der Waals surface area contributed by atoms with Crippen LogP contribution in [0.15, 0.2) is 12.3 Å². The summed E-state index contributed by atoms with van der Waals surface area (Å²) in [5.41, 5.74) is 1.03. The topological polar surface area (TPSA) is 62.7 Å². The molecule has 1 fully saturated rings. The van der Waals surface area contributed by atoms with E-state index in [2.05, 4.69) is 4.98 Å². The van der Waals surface area contributed by atoms with Gasteiger partial charge in [0.25, 0.3) is 0 Å². The van der Waals surface area contributed by atoms with Gasteiger partial charge in [-0.1, -0.05) is 0 Å². The molecule has 0 radical (unpaired) electrons. The molecule has 0 spiro atoms. The van der Waals surface area contributed by atoms with Crippen molar-refractivity contribution in [2.24, 2.45) is 0 Å². The Bertz CT molecular complexity index is 434. The molecule has 0 amide bonds. The van der Waals surface area contributed by atoms with Gasteiger partial charge in [0.05, 0.1) is 12.7 Å². The molecule has 0 bridgehead atoms. The van der Waals surface area contributed by atoms with Crippen LogP contribution in [-0.4, -0.2) is 41.9 Å². The van der Waals surface area contributed by atoms with Crippen molar-refractivity contribution in [3.8, 4) is 0 Å². The SMILES string of the molecule is Cc1ccnc(N2CCOC(C)C2)c1C(=O)O. The summed E-state index contributed by atoms with van der Waals surface area (Å²) in [4.78, 5) is 17.5. The van der Waals surface area contributed by atoms with Crippen molar-refractivity contribution in [2.75, 3.05) is 24.6 Å². The third kappa shape index (κ3) is 2.39. The van der Waals surface area contributed by atoms with E-state index in [1.807, 2.05) is 11.8 Å². The monoisotopic (exact) mass is 236 g/mol. The zero-order chi connectivity index (χ0) is 12.4. The summed E-state index contributed by atoms with van der Waals surface area (Å²) in [5.74, 6) is -0.377. The fourth-order valence-electron chi connectivity index (χ4n) is 2.06. The van der Waals surface area contributed by atoms with Gasteiger partial charge >= 0.3 is 5.97 Å². The van der Waals surface area contributed by atoms with Crippen molar-refractivity contribution in [3.63, 3.8) is 0 Å². The van der Waals surface area contributed by atoms with E-state index in [0.29, 0.717) is 31.1 Å². The predicted octanol–water partition coefficient (Wildman–Crippen LogP) is 1.31. The molecule has 0 aliphatic carbocycles. The van der Waals surface area contributed by atoms with E-state index >= 15 is 0 Å². The number of pyridine rings is 1. The number of morpholine rings is 1. The van der Waals surface area contributed by atoms with Crippen molar-refractivity contribution < 1.29 is 14.6 Å². The first-order valence-electron chi connectivity index (χ1n) is 5.65. The highest BCUT2D eigenvalue weighted by Crippen LogP contribution is 2.22. The molecule has 1 saturated heterocycles. The number of aromatic carboxylic acids is 1. The van der Waals surface area contributed by atoms with Crippen LogP contribution in [0.3, 0.4) is 0 Å². The van der Waals surface area contributed by atoms with E-state index < -0.39 is 5.97 Å². The van der Waals surface area contributed by atoms with Crippen molar-refractivity contribution in [2.45, 2.75) is 20.0 Å². The number of aryl methyl sites for hydroxylation is 1. The zero-order valence-electron chi connectivity index (χ0n) is 10.0. The van der Waals surface area contributed by atoms with E-state index in [-0.39, 0.29) is 6.10 Å². The van der Waals surface area contributed by atoms with E-state index in [9.17, 15) is 9.90 Å². The van der Waals surface area contributed by atoms with Crippen LogP contribution < -0.4 is 4.90 Å². The fourth-order valence-corrected chi connectivity index (χ4v) is 2.06. The molecule has 1 aromatic rings. The van der Waals surface area contributed by atoms with E-state index in [0.717, 1.165) is 5.56 Å². The lowest BCUT2D eigenvalue weighted by Gasteiger charge is -2.32. The third-order valence-corrected chi connectivity index (χ3v) is 2.89. The maximum Gasteiger partial charge on any atom is 0.339 e. The maximum absolute atomic E-state index is 11.3. The Morgan fingerprint density at radius 2 is 2.41 bits per heavy atom. The third-order valence-electron chi connectivity index (χ3n) is 2.89. The van der Waals surface area contributed by atoms with Crippen LogP contribution in [0.2, 0.25) is 0 Å². The van der Waals surface area contributed by atoms with Crippen LogP contribution in [0.5, 0.6) is 0 Å². The molecule has 5 heteroatoms. The molecule has 92 valence electrons. The van der Waals surface area contributed by atoms with Gasteiger partial charge in [-0.2, -0.15) is 0 Å². The fraction of sp³-hybridized carbons (Fsp3) is 0.500. The molecular formula is C12H16N2O3. The Hall–Kier alpha value is -1.62. The van der Waals surface area contributed by atoms with E-state index in [4.69, 9.17) is 4.74 Å². The molecule has 1 aromatic heterocycles. The quantitative estimate of drug-likeness (QED) is 0.839. The summed E-state index contributed by atoms with van der Waals surface area (Å²) >= 11 is 0. The molecule has 0 aromatic carbocycles. The van der Waals surface area contributed by atoms with Gasteiger partial charge in [-0.25, -0.2) is 9.78 Å². The average molecular weight is 236 g/mol. The highest BCUT2D eigenvalue weighted by molar-refractivity contribution is 5.95. The van der Waals surface area contributed by atoms with Crippen LogP contribution in [0.25, 0.3) is 0 Å². The second kappa shape index (κ2) is 4.71. The molecule has 0 saturated carbocycles. The standard InChI is InChI=1S/C12H16N2O3/c1-8-3-4-13-11(10(8)12(15)16)14-5-6-17-9(2)7-14/h3-4,9H,5-7H2,1-2H3,(H,15,16). The average Bonchev–Trinajstić information content (AvgIpc) is 2.28. The highest BCUT2D eigenvalue weighted by atomic mass is 16.5. The lowest BCUT2D eigenvalue weighted by Crippen LogP contribution is -2.42. The van der Waals surface area contributed by atoms with Crippen LogP contribution in [0, 0.1) is 6.92 Å². The molecule has 2 rings (SSSR count). The molecule has 2 heterocycles. The summed E-state index contributed by atoms with van der Waals surface area (Å²) < 4.78 is 5.44. The van der Waals surface area contributed by atoms with Gasteiger partial charge in [0.2, 0.25) is 0 Å². The number of ether oxygens (including phenoxy) is 1. The number of aromatic nitrogens is 1. The number of anilines is 1. The van der Waals surface area contributed by atoms with Gasteiger partial charge in [0.1, 0.15) is 11.4 Å². The molecule has 5 nitrogen and oxygen atoms in total. The highest BCUT2D eigenvalue weighted by Gasteiger charge is 2.23. The van der Waals surface area contributed by atoms with Gasteiger partial charge in [0.15, 0.2) is 0 Å². The van der Waals surface area contributed by atoms with Crippen LogP contribution in [0.4, 0.5) is 5.82 Å². The smallest absolute Gasteiger partial charge is 0.339 e. The van der Waals surface area contributed by atoms with Gasteiger partial charge in [-0.15, -0.1) is 0 Å². The van der Waals surface area contributed by atoms with Gasteiger partial charge in [-0.3, -0.25) is 0 Å². The largest absolute Gasteiger partial charge is 0.478 e. The van der Waals surface area contributed by atoms with E-state index in [1.165, 1.54) is 0 Å². The molecule has 17 heavy (non-hydrogen) atoms. The molecular weight excluding hydrogens is 220 g/mol. The first kappa shape index (κ1) is 11.9. The number of hydrogen-bond acceptors (Lipinski definition) is 4. The molecule has 1 N–H and O–H groups in total. The lowest BCUT2D eigenvalue weighted by molar-refractivity contribution is 0.0524. The second-order valence-electron chi connectivity index (χ2n) is 4.26. The van der Waals surface area contributed by atoms with Crippen molar-refractivity contribution in [3.05, 3.63) is 23.4 Å². The van der Waals surface area contributed by atoms with Crippen molar-refractivity contribution in [1.82, 2.24) is 4.98 Å². The predicted molar refractivity (Wildman–Crippen MR) is 63.6 cm³/mol. The van der Waals surface area contributed by atoms with Gasteiger partial charge in [0, 0.05) is 19.3 Å². The summed E-state index contributed by atoms with van der Waals surface area (Å²) in [6.45, 7) is 5.73. The van der Waals surface area contributed by atoms with Gasteiger partial charge in [-0.05, 0) is 25.5 Å². The Labute approximate surface area is 100 Å². The van der Waals surface area contributed by atoms with Gasteiger partial charge < -0.3 is 14.7 Å². The number of rotatable bonds is 2. The second-order valence-corrected chi connectivity index (χ2v) is 4.26. The summed E-state index contributed by atoms with van der Waals surface area (Å²) in [6.07, 6.45) is 1.75. The Morgan fingerprint density at radius 1 is 1.65 bits per heavy atom. The summed E-state index contributed by atoms with van der Waals surface area (Å²) in [6, 6.07) is 1.72. The Balaban J connectivity index is 2.37. The molecule has 1 atom stereocenters. The summed E-state index contributed by atoms with van der Waals surface area (Å²) in [5, 5.41) is 9.25. The Kier molecular flexibility index (Phi) is 3.28. The normalized spacial score (nSPS) is 20.4. The number of nitrogens with zero attached hydrogens (tertiary/aromatic N) is 2. The van der Waals surface area contributed by atoms with Crippen LogP contribution in [0.1, 0.15) is 22.8 Å². The number of carboxylic acid groups (broad SMARTS) is 1. The molecule has 1 aliphatic heterocycles. The first-order chi connectivity index (χ1) is 8.09. The van der Waals surface area contributed by atoms with Crippen LogP contribution >= 0.6 is 0 Å². The zero-order valence-corrected chi connectivity index (χ0v) is 10.0. The van der Waals surface area contributed by atoms with Crippen molar-refractivity contribution >= 4 is 11.8 Å². The van der Waals surface area contributed by atoms with E-state index in [1.54, 1.807) is 19.2 Å². The minimum atomic E-state index is -0.926. The number of carboxylic acids is 1. The lowest BCUT2D eigenvalue weighted by atomic mass is 10.1. The number of carbonyl (C=O) groups is 1. The first-order valence-corrected chi connectivity index (χ1v) is 5.65. The molecule has 1 unspecified atom stereocenters. The molecule has 1 aliphatic rings. The van der Waals surface area contributed by atoms with Crippen LogP contribution in [-0.2, 0) is 4.74 Å². The Morgan fingerprint density at radius 3 is 3.06 bits per heavy atom. The minimum Gasteiger partial charge on any atom is -0.478 e. The number of hydrogen-bond donors (Lipinski definition) is 1. The summed E-state index contributed by atoms with van der Waals surface area (Å²) in [7, 11) is 0. The van der Waals surface area contributed by atoms with Crippen molar-refractivity contribution in [1.29, 1.82) is 0 Å².